The van der Waals surface area contributed by atoms with Gasteiger partial charge >= 0.3 is 5.97 Å². The summed E-state index contributed by atoms with van der Waals surface area (Å²) in [4.78, 5) is 27.3. The highest BCUT2D eigenvalue weighted by molar-refractivity contribution is 5.94. The van der Waals surface area contributed by atoms with E-state index < -0.39 is 17.8 Å². The van der Waals surface area contributed by atoms with Gasteiger partial charge in [-0.25, -0.2) is 4.98 Å². The number of nitrogens with one attached hydrogen (secondary N) is 1. The molecule has 100 valence electrons. The van der Waals surface area contributed by atoms with Crippen LogP contribution in [-0.2, 0) is 9.59 Å². The van der Waals surface area contributed by atoms with Crippen molar-refractivity contribution in [3.63, 3.8) is 0 Å². The molecule has 5 nitrogen and oxygen atoms in total. The van der Waals surface area contributed by atoms with Crippen molar-refractivity contribution in [2.45, 2.75) is 19.8 Å². The topological polar surface area (TPSA) is 79.3 Å². The van der Waals surface area contributed by atoms with Crippen molar-refractivity contribution in [3.8, 4) is 0 Å². The van der Waals surface area contributed by atoms with Gasteiger partial charge in [0, 0.05) is 6.20 Å². The number of amides is 1. The molecule has 1 heterocycles. The minimum absolute atomic E-state index is 0.283. The van der Waals surface area contributed by atoms with Crippen LogP contribution in [0.5, 0.6) is 0 Å². The van der Waals surface area contributed by atoms with Gasteiger partial charge in [0.25, 0.3) is 0 Å². The second kappa shape index (κ2) is 5.65. The Morgan fingerprint density at radius 3 is 2.63 bits per heavy atom. The summed E-state index contributed by atoms with van der Waals surface area (Å²) in [6.45, 7) is 1.90. The van der Waals surface area contributed by atoms with Crippen LogP contribution in [0.4, 0.5) is 5.82 Å². The zero-order valence-electron chi connectivity index (χ0n) is 10.7. The van der Waals surface area contributed by atoms with Gasteiger partial charge in [-0.2, -0.15) is 0 Å². The summed E-state index contributed by atoms with van der Waals surface area (Å²) in [5, 5.41) is 11.8. The third kappa shape index (κ3) is 3.19. The second-order valence-electron chi connectivity index (χ2n) is 4.70. The minimum atomic E-state index is -0.929. The van der Waals surface area contributed by atoms with Crippen molar-refractivity contribution in [1.29, 1.82) is 0 Å². The maximum Gasteiger partial charge on any atom is 0.307 e. The van der Waals surface area contributed by atoms with Gasteiger partial charge in [0.2, 0.25) is 5.91 Å². The summed E-state index contributed by atoms with van der Waals surface area (Å²) in [7, 11) is 0. The Labute approximate surface area is 111 Å². The number of rotatable bonds is 3. The monoisotopic (exact) mass is 260 g/mol. The molecular weight excluding hydrogens is 244 g/mol. The van der Waals surface area contributed by atoms with Gasteiger partial charge in [-0.3, -0.25) is 9.59 Å². The third-order valence-corrected chi connectivity index (χ3v) is 3.25. The van der Waals surface area contributed by atoms with Crippen LogP contribution in [0.3, 0.4) is 0 Å². The molecule has 0 saturated carbocycles. The van der Waals surface area contributed by atoms with Crippen LogP contribution in [-0.4, -0.2) is 22.0 Å². The number of carboxylic acid groups (broad SMARTS) is 1. The van der Waals surface area contributed by atoms with Crippen LogP contribution in [0.15, 0.2) is 30.5 Å². The molecule has 0 unspecified atom stereocenters. The molecule has 1 aliphatic rings. The molecular formula is C14H16N2O3. The normalized spacial score (nSPS) is 21.9. The minimum Gasteiger partial charge on any atom is -0.481 e. The number of pyridine rings is 1. The summed E-state index contributed by atoms with van der Waals surface area (Å²) in [6, 6.07) is 3.59. The summed E-state index contributed by atoms with van der Waals surface area (Å²) in [5.41, 5.74) is 0.989. The first-order valence-corrected chi connectivity index (χ1v) is 6.19. The maximum atomic E-state index is 12.1. The molecule has 0 radical (unpaired) electrons. The Kier molecular flexibility index (Phi) is 3.94. The van der Waals surface area contributed by atoms with Crippen LogP contribution in [0, 0.1) is 18.8 Å². The molecule has 2 rings (SSSR count). The van der Waals surface area contributed by atoms with Crippen molar-refractivity contribution in [2.24, 2.45) is 11.8 Å². The molecule has 1 aliphatic carbocycles. The number of carboxylic acids is 1. The van der Waals surface area contributed by atoms with E-state index in [0.29, 0.717) is 18.7 Å². The number of hydrogen-bond donors (Lipinski definition) is 2. The first-order valence-electron chi connectivity index (χ1n) is 6.19. The summed E-state index contributed by atoms with van der Waals surface area (Å²) in [6.07, 6.45) is 6.13. The van der Waals surface area contributed by atoms with Crippen LogP contribution < -0.4 is 5.32 Å². The summed E-state index contributed by atoms with van der Waals surface area (Å²) >= 11 is 0. The smallest absolute Gasteiger partial charge is 0.307 e. The Bertz CT molecular complexity index is 525. The van der Waals surface area contributed by atoms with Crippen molar-refractivity contribution in [3.05, 3.63) is 36.0 Å². The molecule has 5 heteroatoms. The standard InChI is InChI=1S/C14H16N2O3/c1-9-6-7-15-12(8-9)16-13(17)10-4-2-3-5-11(10)14(18)19/h2-3,6-8,10-11H,4-5H2,1H3,(H,18,19)(H,15,16,17)/t10-,11-/m1/s1. The van der Waals surface area contributed by atoms with Crippen LogP contribution >= 0.6 is 0 Å². The fraction of sp³-hybridized carbons (Fsp3) is 0.357. The van der Waals surface area contributed by atoms with Gasteiger partial charge in [0.15, 0.2) is 0 Å². The quantitative estimate of drug-likeness (QED) is 0.815. The number of hydrogen-bond acceptors (Lipinski definition) is 3. The second-order valence-corrected chi connectivity index (χ2v) is 4.70. The van der Waals surface area contributed by atoms with E-state index in [1.807, 2.05) is 25.1 Å². The lowest BCUT2D eigenvalue weighted by Crippen LogP contribution is -2.34. The van der Waals surface area contributed by atoms with Gasteiger partial charge in [-0.05, 0) is 37.5 Å². The van der Waals surface area contributed by atoms with E-state index in [-0.39, 0.29) is 5.91 Å². The van der Waals surface area contributed by atoms with Crippen molar-refractivity contribution >= 4 is 17.7 Å². The molecule has 2 N–H and O–H groups in total. The first kappa shape index (κ1) is 13.3. The molecule has 0 bridgehead atoms. The highest BCUT2D eigenvalue weighted by Crippen LogP contribution is 2.27. The summed E-state index contributed by atoms with van der Waals surface area (Å²) in [5.74, 6) is -1.94. The van der Waals surface area contributed by atoms with Gasteiger partial charge < -0.3 is 10.4 Å². The lowest BCUT2D eigenvalue weighted by atomic mass is 9.82. The largest absolute Gasteiger partial charge is 0.481 e. The molecule has 0 spiro atoms. The number of aliphatic carboxylic acids is 1. The zero-order chi connectivity index (χ0) is 13.8. The SMILES string of the molecule is Cc1ccnc(NC(=O)[C@@H]2CC=CC[C@H]2C(=O)O)c1. The van der Waals surface area contributed by atoms with Gasteiger partial charge in [0.1, 0.15) is 5.82 Å². The van der Waals surface area contributed by atoms with E-state index in [9.17, 15) is 9.59 Å². The number of carbonyl (C=O) groups is 2. The molecule has 19 heavy (non-hydrogen) atoms. The van der Waals surface area contributed by atoms with Crippen LogP contribution in [0.25, 0.3) is 0 Å². The highest BCUT2D eigenvalue weighted by atomic mass is 16.4. The number of anilines is 1. The predicted molar refractivity (Wildman–Crippen MR) is 70.6 cm³/mol. The molecule has 0 aromatic carbocycles. The van der Waals surface area contributed by atoms with Gasteiger partial charge in [0.05, 0.1) is 11.8 Å². The third-order valence-electron chi connectivity index (χ3n) is 3.25. The first-order chi connectivity index (χ1) is 9.08. The fourth-order valence-electron chi connectivity index (χ4n) is 2.20. The lowest BCUT2D eigenvalue weighted by molar-refractivity contribution is -0.146. The molecule has 0 aliphatic heterocycles. The number of allylic oxidation sites excluding steroid dienone is 2. The molecule has 0 fully saturated rings. The van der Waals surface area contributed by atoms with E-state index in [4.69, 9.17) is 5.11 Å². The Hall–Kier alpha value is -2.17. The van der Waals surface area contributed by atoms with E-state index >= 15 is 0 Å². The van der Waals surface area contributed by atoms with Gasteiger partial charge in [-0.15, -0.1) is 0 Å². The molecule has 1 aromatic heterocycles. The van der Waals surface area contributed by atoms with E-state index in [1.54, 1.807) is 12.3 Å². The zero-order valence-corrected chi connectivity index (χ0v) is 10.7. The van der Waals surface area contributed by atoms with Gasteiger partial charge in [-0.1, -0.05) is 12.2 Å². The molecule has 0 saturated heterocycles. The Morgan fingerprint density at radius 2 is 2.00 bits per heavy atom. The predicted octanol–water partition coefficient (Wildman–Crippen LogP) is 2.00. The van der Waals surface area contributed by atoms with Crippen LogP contribution in [0.2, 0.25) is 0 Å². The van der Waals surface area contributed by atoms with Crippen LogP contribution in [0.1, 0.15) is 18.4 Å². The fourth-order valence-corrected chi connectivity index (χ4v) is 2.20. The van der Waals surface area contributed by atoms with E-state index in [2.05, 4.69) is 10.3 Å². The Morgan fingerprint density at radius 1 is 1.32 bits per heavy atom. The summed E-state index contributed by atoms with van der Waals surface area (Å²) < 4.78 is 0. The maximum absolute atomic E-state index is 12.1. The molecule has 2 atom stereocenters. The van der Waals surface area contributed by atoms with Crippen molar-refractivity contribution < 1.29 is 14.7 Å². The average molecular weight is 260 g/mol. The number of aromatic nitrogens is 1. The molecule has 1 aromatic rings. The van der Waals surface area contributed by atoms with E-state index in [0.717, 1.165) is 5.56 Å². The van der Waals surface area contributed by atoms with E-state index in [1.165, 1.54) is 0 Å². The Balaban J connectivity index is 2.10. The van der Waals surface area contributed by atoms with Crippen molar-refractivity contribution in [2.75, 3.05) is 5.32 Å². The highest BCUT2D eigenvalue weighted by Gasteiger charge is 2.34. The average Bonchev–Trinajstić information content (AvgIpc) is 2.38. The number of aryl methyl sites for hydroxylation is 1. The number of carbonyl (C=O) groups excluding carboxylic acids is 1. The lowest BCUT2D eigenvalue weighted by Gasteiger charge is -2.24. The van der Waals surface area contributed by atoms with Crippen molar-refractivity contribution in [1.82, 2.24) is 4.98 Å². The molecule has 1 amide bonds. The number of nitrogens with zero attached hydrogens (tertiary/aromatic N) is 1.